The lowest BCUT2D eigenvalue weighted by molar-refractivity contribution is -0.274. The fourth-order valence-electron chi connectivity index (χ4n) is 2.93. The van der Waals surface area contributed by atoms with Crippen molar-refractivity contribution in [1.82, 2.24) is 4.57 Å². The van der Waals surface area contributed by atoms with Crippen molar-refractivity contribution in [3.8, 4) is 11.5 Å². The first kappa shape index (κ1) is 19.6. The molecule has 3 rings (SSSR count). The van der Waals surface area contributed by atoms with Crippen molar-refractivity contribution in [3.63, 3.8) is 0 Å². The first-order valence-corrected chi connectivity index (χ1v) is 8.46. The highest BCUT2D eigenvalue weighted by Crippen LogP contribution is 2.29. The van der Waals surface area contributed by atoms with E-state index >= 15 is 0 Å². The summed E-state index contributed by atoms with van der Waals surface area (Å²) in [6.45, 7) is 3.67. The second kappa shape index (κ2) is 7.46. The van der Waals surface area contributed by atoms with Gasteiger partial charge >= 0.3 is 12.3 Å². The number of carboxylic acid groups (broad SMARTS) is 1. The van der Waals surface area contributed by atoms with Gasteiger partial charge in [-0.3, -0.25) is 0 Å². The van der Waals surface area contributed by atoms with Gasteiger partial charge in [0.2, 0.25) is 0 Å². The lowest BCUT2D eigenvalue weighted by atomic mass is 10.2. The summed E-state index contributed by atoms with van der Waals surface area (Å²) in [6.07, 6.45) is -5.75. The monoisotopic (exact) mass is 393 g/mol. The number of nitrogens with zero attached hydrogens (tertiary/aromatic N) is 1. The van der Waals surface area contributed by atoms with Crippen molar-refractivity contribution >= 4 is 16.9 Å². The first-order valence-electron chi connectivity index (χ1n) is 8.46. The molecule has 0 bridgehead atoms. The Morgan fingerprint density at radius 2 is 1.89 bits per heavy atom. The Bertz CT molecular complexity index is 1010. The molecule has 148 valence electrons. The maximum Gasteiger partial charge on any atom is 0.573 e. The van der Waals surface area contributed by atoms with Gasteiger partial charge in [0.15, 0.2) is 6.10 Å². The number of carbonyl (C=O) groups is 1. The molecule has 0 unspecified atom stereocenters. The van der Waals surface area contributed by atoms with Gasteiger partial charge in [-0.15, -0.1) is 13.2 Å². The van der Waals surface area contributed by atoms with Gasteiger partial charge in [0.05, 0.1) is 5.52 Å². The summed E-state index contributed by atoms with van der Waals surface area (Å²) in [5.74, 6) is -0.954. The number of hydrogen-bond acceptors (Lipinski definition) is 3. The van der Waals surface area contributed by atoms with Gasteiger partial charge in [-0.1, -0.05) is 12.1 Å². The predicted octanol–water partition coefficient (Wildman–Crippen LogP) is 4.75. The molecule has 5 nitrogen and oxygen atoms in total. The van der Waals surface area contributed by atoms with E-state index < -0.39 is 18.4 Å². The van der Waals surface area contributed by atoms with Crippen LogP contribution >= 0.6 is 0 Å². The molecule has 0 aliphatic carbocycles. The van der Waals surface area contributed by atoms with Crippen LogP contribution in [0.3, 0.4) is 0 Å². The summed E-state index contributed by atoms with van der Waals surface area (Å²) in [5.41, 5.74) is 2.28. The standard InChI is InChI=1S/C20H18F3NO4/c1-12-8-15-6-7-17(28-20(21,22)23)10-18(15)24(12)11-14-4-3-5-16(9-14)27-13(2)19(25)26/h3-10,13H,11H2,1-2H3,(H,25,26)/t13-/m0/s1. The van der Waals surface area contributed by atoms with Crippen LogP contribution in [0.4, 0.5) is 13.2 Å². The number of fused-ring (bicyclic) bond motifs is 1. The Labute approximate surface area is 158 Å². The third-order valence-electron chi connectivity index (χ3n) is 4.22. The number of aliphatic carboxylic acids is 1. The van der Waals surface area contributed by atoms with Crippen LogP contribution in [0, 0.1) is 6.92 Å². The fraction of sp³-hybridized carbons (Fsp3) is 0.250. The van der Waals surface area contributed by atoms with E-state index in [0.717, 1.165) is 16.6 Å². The molecule has 1 N–H and O–H groups in total. The summed E-state index contributed by atoms with van der Waals surface area (Å²) in [6, 6.07) is 13.0. The third kappa shape index (κ3) is 4.57. The van der Waals surface area contributed by atoms with Crippen LogP contribution in [0.1, 0.15) is 18.2 Å². The normalized spacial score (nSPS) is 12.8. The molecular formula is C20H18F3NO4. The smallest absolute Gasteiger partial charge is 0.479 e. The van der Waals surface area contributed by atoms with Crippen LogP contribution in [-0.4, -0.2) is 28.1 Å². The van der Waals surface area contributed by atoms with Crippen molar-refractivity contribution in [2.75, 3.05) is 0 Å². The molecule has 0 saturated heterocycles. The largest absolute Gasteiger partial charge is 0.573 e. The Kier molecular flexibility index (Phi) is 5.22. The topological polar surface area (TPSA) is 60.7 Å². The first-order chi connectivity index (χ1) is 13.1. The molecule has 8 heteroatoms. The number of rotatable bonds is 6. The molecule has 2 aromatic carbocycles. The van der Waals surface area contributed by atoms with Crippen LogP contribution in [-0.2, 0) is 11.3 Å². The molecule has 0 radical (unpaired) electrons. The molecule has 28 heavy (non-hydrogen) atoms. The van der Waals surface area contributed by atoms with Gasteiger partial charge in [0.1, 0.15) is 11.5 Å². The maximum absolute atomic E-state index is 12.5. The summed E-state index contributed by atoms with van der Waals surface area (Å²) in [4.78, 5) is 10.9. The number of aromatic nitrogens is 1. The van der Waals surface area contributed by atoms with E-state index in [-0.39, 0.29) is 5.75 Å². The van der Waals surface area contributed by atoms with E-state index in [4.69, 9.17) is 9.84 Å². The zero-order chi connectivity index (χ0) is 20.5. The van der Waals surface area contributed by atoms with Gasteiger partial charge in [-0.2, -0.15) is 0 Å². The molecule has 3 aromatic rings. The average Bonchev–Trinajstić information content (AvgIpc) is 2.89. The molecule has 1 atom stereocenters. The highest BCUT2D eigenvalue weighted by molar-refractivity contribution is 5.83. The highest BCUT2D eigenvalue weighted by atomic mass is 19.4. The zero-order valence-electron chi connectivity index (χ0n) is 15.2. The van der Waals surface area contributed by atoms with E-state index in [2.05, 4.69) is 4.74 Å². The average molecular weight is 393 g/mol. The van der Waals surface area contributed by atoms with Crippen LogP contribution in [0.15, 0.2) is 48.5 Å². The minimum absolute atomic E-state index is 0.285. The summed E-state index contributed by atoms with van der Waals surface area (Å²) < 4.78 is 48.8. The van der Waals surface area contributed by atoms with Gasteiger partial charge in [0.25, 0.3) is 0 Å². The van der Waals surface area contributed by atoms with Crippen molar-refractivity contribution < 1.29 is 32.5 Å². The van der Waals surface area contributed by atoms with Crippen molar-refractivity contribution in [2.24, 2.45) is 0 Å². The van der Waals surface area contributed by atoms with Crippen molar-refractivity contribution in [2.45, 2.75) is 32.9 Å². The second-order valence-electron chi connectivity index (χ2n) is 6.39. The lowest BCUT2D eigenvalue weighted by Gasteiger charge is -2.14. The van der Waals surface area contributed by atoms with Gasteiger partial charge in [0, 0.05) is 23.7 Å². The molecule has 0 aliphatic rings. The Morgan fingerprint density at radius 3 is 2.57 bits per heavy atom. The molecule has 0 saturated carbocycles. The highest BCUT2D eigenvalue weighted by Gasteiger charge is 2.31. The summed E-state index contributed by atoms with van der Waals surface area (Å²) in [5, 5.41) is 9.75. The molecule has 0 amide bonds. The molecule has 0 fully saturated rings. The molecular weight excluding hydrogens is 375 g/mol. The number of ether oxygens (including phenoxy) is 2. The third-order valence-corrected chi connectivity index (χ3v) is 4.22. The maximum atomic E-state index is 12.5. The molecule has 0 aliphatic heterocycles. The summed E-state index contributed by atoms with van der Waals surface area (Å²) >= 11 is 0. The van der Waals surface area contributed by atoms with Crippen LogP contribution in [0.25, 0.3) is 10.9 Å². The number of aryl methyl sites for hydroxylation is 1. The number of carboxylic acids is 1. The Hall–Kier alpha value is -3.16. The van der Waals surface area contributed by atoms with E-state index in [1.807, 2.05) is 23.6 Å². The quantitative estimate of drug-likeness (QED) is 0.657. The van der Waals surface area contributed by atoms with E-state index in [1.165, 1.54) is 19.1 Å². The van der Waals surface area contributed by atoms with Gasteiger partial charge in [-0.25, -0.2) is 4.79 Å². The van der Waals surface area contributed by atoms with Crippen LogP contribution < -0.4 is 9.47 Å². The van der Waals surface area contributed by atoms with Crippen LogP contribution in [0.2, 0.25) is 0 Å². The number of benzene rings is 2. The molecule has 1 aromatic heterocycles. The molecule has 1 heterocycles. The fourth-order valence-corrected chi connectivity index (χ4v) is 2.93. The van der Waals surface area contributed by atoms with Crippen LogP contribution in [0.5, 0.6) is 11.5 Å². The predicted molar refractivity (Wildman–Crippen MR) is 96.6 cm³/mol. The Balaban J connectivity index is 1.90. The second-order valence-corrected chi connectivity index (χ2v) is 6.39. The van der Waals surface area contributed by atoms with E-state index in [0.29, 0.717) is 17.8 Å². The number of halogens is 3. The molecule has 0 spiro atoms. The summed E-state index contributed by atoms with van der Waals surface area (Å²) in [7, 11) is 0. The zero-order valence-corrected chi connectivity index (χ0v) is 15.2. The van der Waals surface area contributed by atoms with E-state index in [1.54, 1.807) is 24.3 Å². The SMILES string of the molecule is Cc1cc2ccc(OC(F)(F)F)cc2n1Cc1cccc(O[C@@H](C)C(=O)O)c1. The number of alkyl halides is 3. The minimum Gasteiger partial charge on any atom is -0.479 e. The van der Waals surface area contributed by atoms with E-state index in [9.17, 15) is 18.0 Å². The number of hydrogen-bond donors (Lipinski definition) is 1. The minimum atomic E-state index is -4.76. The van der Waals surface area contributed by atoms with Gasteiger partial charge < -0.3 is 19.1 Å². The van der Waals surface area contributed by atoms with Gasteiger partial charge in [-0.05, 0) is 49.7 Å². The van der Waals surface area contributed by atoms with Crippen molar-refractivity contribution in [1.29, 1.82) is 0 Å². The van der Waals surface area contributed by atoms with Crippen molar-refractivity contribution in [3.05, 3.63) is 59.8 Å². The Morgan fingerprint density at radius 1 is 1.14 bits per heavy atom. The lowest BCUT2D eigenvalue weighted by Crippen LogP contribution is -2.22.